The molecule has 0 amide bonds. The van der Waals surface area contributed by atoms with Gasteiger partial charge in [0.25, 0.3) is 0 Å². The monoisotopic (exact) mass is 285 g/mol. The maximum absolute atomic E-state index is 8.71. The van der Waals surface area contributed by atoms with Crippen LogP contribution >= 0.6 is 0 Å². The highest BCUT2D eigenvalue weighted by atomic mass is 16.5. The summed E-state index contributed by atoms with van der Waals surface area (Å²) in [6, 6.07) is 16.2. The first-order chi connectivity index (χ1) is 10.4. The third-order valence-corrected chi connectivity index (χ3v) is 3.51. The van der Waals surface area contributed by atoms with Crippen molar-refractivity contribution in [2.45, 2.75) is 6.04 Å². The second kappa shape index (κ2) is 6.72. The fourth-order valence-corrected chi connectivity index (χ4v) is 2.57. The normalized spacial score (nSPS) is 13.4. The van der Waals surface area contributed by atoms with Gasteiger partial charge < -0.3 is 19.9 Å². The molecule has 2 aromatic carbocycles. The molecule has 0 radical (unpaired) electrons. The van der Waals surface area contributed by atoms with E-state index in [9.17, 15) is 0 Å². The lowest BCUT2D eigenvalue weighted by atomic mass is 9.94. The summed E-state index contributed by atoms with van der Waals surface area (Å²) in [6.07, 6.45) is 0. The zero-order chi connectivity index (χ0) is 14.5. The van der Waals surface area contributed by atoms with E-state index in [1.165, 1.54) is 0 Å². The summed E-state index contributed by atoms with van der Waals surface area (Å²) in [5.74, 6) is 1.79. The second-order valence-corrected chi connectivity index (χ2v) is 4.90. The first kappa shape index (κ1) is 14.1. The summed E-state index contributed by atoms with van der Waals surface area (Å²) in [4.78, 5) is 0. The minimum absolute atomic E-state index is 0.0585. The van der Waals surface area contributed by atoms with Crippen LogP contribution in [0.15, 0.2) is 48.5 Å². The topological polar surface area (TPSA) is 50.7 Å². The van der Waals surface area contributed by atoms with Crippen molar-refractivity contribution >= 4 is 0 Å². The lowest BCUT2D eigenvalue weighted by Gasteiger charge is -2.28. The van der Waals surface area contributed by atoms with Gasteiger partial charge in [-0.3, -0.25) is 0 Å². The van der Waals surface area contributed by atoms with Crippen LogP contribution < -0.4 is 10.1 Å². The van der Waals surface area contributed by atoms with Gasteiger partial charge >= 0.3 is 0 Å². The molecule has 0 saturated heterocycles. The maximum atomic E-state index is 8.71. The van der Waals surface area contributed by atoms with Gasteiger partial charge in [0.05, 0.1) is 25.9 Å². The summed E-state index contributed by atoms with van der Waals surface area (Å²) in [5.41, 5.74) is 2.27. The average molecular weight is 285 g/mol. The number of aliphatic hydroxyl groups excluding tert-OH is 1. The van der Waals surface area contributed by atoms with Gasteiger partial charge in [-0.15, -0.1) is 0 Å². The van der Waals surface area contributed by atoms with E-state index in [-0.39, 0.29) is 12.6 Å². The van der Waals surface area contributed by atoms with Crippen molar-refractivity contribution in [2.24, 2.45) is 0 Å². The van der Waals surface area contributed by atoms with Crippen LogP contribution in [0.4, 0.5) is 0 Å². The smallest absolute Gasteiger partial charge is 0.132 e. The molecule has 4 heteroatoms. The highest BCUT2D eigenvalue weighted by Gasteiger charge is 2.25. The predicted molar refractivity (Wildman–Crippen MR) is 80.7 cm³/mol. The van der Waals surface area contributed by atoms with Crippen LogP contribution in [0.2, 0.25) is 0 Å². The van der Waals surface area contributed by atoms with Crippen molar-refractivity contribution in [3.8, 4) is 11.5 Å². The Morgan fingerprint density at radius 1 is 0.952 bits per heavy atom. The van der Waals surface area contributed by atoms with E-state index in [1.807, 2.05) is 36.4 Å². The first-order valence-electron chi connectivity index (χ1n) is 7.18. The molecule has 0 saturated carbocycles. The number of aliphatic hydroxyl groups is 1. The largest absolute Gasteiger partial charge is 0.457 e. The van der Waals surface area contributed by atoms with E-state index < -0.39 is 0 Å². The molecule has 21 heavy (non-hydrogen) atoms. The molecule has 0 bridgehead atoms. The quantitative estimate of drug-likeness (QED) is 0.801. The van der Waals surface area contributed by atoms with Gasteiger partial charge in [0.15, 0.2) is 0 Å². The first-order valence-corrected chi connectivity index (χ1v) is 7.18. The fourth-order valence-electron chi connectivity index (χ4n) is 2.57. The molecule has 0 aliphatic carbocycles. The number of benzene rings is 2. The average Bonchev–Trinajstić information content (AvgIpc) is 2.53. The minimum atomic E-state index is 0.0585. The number of nitrogens with one attached hydrogen (secondary N) is 1. The number of ether oxygens (including phenoxy) is 2. The Balaban J connectivity index is 1.78. The van der Waals surface area contributed by atoms with E-state index in [2.05, 4.69) is 17.4 Å². The fraction of sp³-hybridized carbons (Fsp3) is 0.294. The van der Waals surface area contributed by atoms with Crippen LogP contribution in [-0.2, 0) is 4.74 Å². The molecule has 1 aliphatic rings. The van der Waals surface area contributed by atoms with Crippen molar-refractivity contribution in [1.29, 1.82) is 0 Å². The van der Waals surface area contributed by atoms with Gasteiger partial charge in [-0.2, -0.15) is 0 Å². The van der Waals surface area contributed by atoms with Crippen LogP contribution in [0.5, 0.6) is 11.5 Å². The third kappa shape index (κ3) is 3.08. The van der Waals surface area contributed by atoms with Crippen molar-refractivity contribution in [1.82, 2.24) is 5.32 Å². The van der Waals surface area contributed by atoms with Crippen LogP contribution in [-0.4, -0.2) is 31.5 Å². The standard InChI is InChI=1S/C17H19NO3/c19-10-12-20-11-9-18-17-13-5-1-3-7-15(13)21-16-8-4-2-6-14(16)17/h1-8,17-19H,9-12H2. The Bertz CT molecular complexity index is 555. The van der Waals surface area contributed by atoms with Crippen LogP contribution in [0.1, 0.15) is 17.2 Å². The van der Waals surface area contributed by atoms with E-state index in [0.29, 0.717) is 19.8 Å². The van der Waals surface area contributed by atoms with Crippen molar-refractivity contribution in [3.63, 3.8) is 0 Å². The molecule has 0 aromatic heterocycles. The molecule has 2 N–H and O–H groups in total. The number of para-hydroxylation sites is 2. The molecule has 0 spiro atoms. The molecule has 1 heterocycles. The molecule has 2 aromatic rings. The lowest BCUT2D eigenvalue weighted by molar-refractivity contribution is 0.0930. The molecule has 3 rings (SSSR count). The summed E-state index contributed by atoms with van der Waals surface area (Å²) in [6.45, 7) is 1.72. The van der Waals surface area contributed by atoms with Gasteiger partial charge in [0, 0.05) is 17.7 Å². The summed E-state index contributed by atoms with van der Waals surface area (Å²) in [7, 11) is 0. The minimum Gasteiger partial charge on any atom is -0.457 e. The van der Waals surface area contributed by atoms with Crippen molar-refractivity contribution < 1.29 is 14.6 Å². The van der Waals surface area contributed by atoms with Crippen molar-refractivity contribution in [2.75, 3.05) is 26.4 Å². The van der Waals surface area contributed by atoms with Crippen LogP contribution in [0.25, 0.3) is 0 Å². The van der Waals surface area contributed by atoms with Gasteiger partial charge in [-0.25, -0.2) is 0 Å². The zero-order valence-corrected chi connectivity index (χ0v) is 11.8. The van der Waals surface area contributed by atoms with E-state index in [0.717, 1.165) is 22.6 Å². The van der Waals surface area contributed by atoms with Gasteiger partial charge in [-0.05, 0) is 12.1 Å². The Labute approximate surface area is 124 Å². The SMILES string of the molecule is OCCOCCNC1c2ccccc2Oc2ccccc21. The van der Waals surface area contributed by atoms with Crippen LogP contribution in [0.3, 0.4) is 0 Å². The molecule has 110 valence electrons. The number of fused-ring (bicyclic) bond motifs is 2. The Hall–Kier alpha value is -1.88. The maximum Gasteiger partial charge on any atom is 0.132 e. The third-order valence-electron chi connectivity index (χ3n) is 3.51. The molecule has 0 unspecified atom stereocenters. The summed E-state index contributed by atoms with van der Waals surface area (Å²) >= 11 is 0. The van der Waals surface area contributed by atoms with Gasteiger partial charge in [0.1, 0.15) is 11.5 Å². The Morgan fingerprint density at radius 2 is 1.57 bits per heavy atom. The zero-order valence-electron chi connectivity index (χ0n) is 11.8. The summed E-state index contributed by atoms with van der Waals surface area (Å²) in [5, 5.41) is 12.2. The molecule has 1 aliphatic heterocycles. The Morgan fingerprint density at radius 3 is 2.19 bits per heavy atom. The number of hydrogen-bond acceptors (Lipinski definition) is 4. The Kier molecular flexibility index (Phi) is 4.50. The molecule has 4 nitrogen and oxygen atoms in total. The number of hydrogen-bond donors (Lipinski definition) is 2. The van der Waals surface area contributed by atoms with Gasteiger partial charge in [0.2, 0.25) is 0 Å². The molecule has 0 fully saturated rings. The second-order valence-electron chi connectivity index (χ2n) is 4.90. The van der Waals surface area contributed by atoms with E-state index in [4.69, 9.17) is 14.6 Å². The molecular weight excluding hydrogens is 266 g/mol. The molecular formula is C17H19NO3. The van der Waals surface area contributed by atoms with E-state index in [1.54, 1.807) is 0 Å². The number of rotatable bonds is 6. The highest BCUT2D eigenvalue weighted by molar-refractivity contribution is 5.52. The molecule has 0 atom stereocenters. The van der Waals surface area contributed by atoms with Crippen LogP contribution in [0, 0.1) is 0 Å². The lowest BCUT2D eigenvalue weighted by Crippen LogP contribution is -2.28. The van der Waals surface area contributed by atoms with Crippen molar-refractivity contribution in [3.05, 3.63) is 59.7 Å². The van der Waals surface area contributed by atoms with Gasteiger partial charge in [-0.1, -0.05) is 36.4 Å². The summed E-state index contributed by atoms with van der Waals surface area (Å²) < 4.78 is 11.3. The van der Waals surface area contributed by atoms with E-state index >= 15 is 0 Å². The predicted octanol–water partition coefficient (Wildman–Crippen LogP) is 2.48. The highest BCUT2D eigenvalue weighted by Crippen LogP contribution is 2.42.